The summed E-state index contributed by atoms with van der Waals surface area (Å²) in [5.74, 6) is 0.214. The Morgan fingerprint density at radius 2 is 1.85 bits per heavy atom. The van der Waals surface area contributed by atoms with Crippen LogP contribution in [0.4, 0.5) is 11.5 Å². The van der Waals surface area contributed by atoms with Crippen LogP contribution in [-0.2, 0) is 10.0 Å². The fourth-order valence-corrected chi connectivity index (χ4v) is 3.42. The third-order valence-corrected chi connectivity index (χ3v) is 5.24. The Morgan fingerprint density at radius 3 is 2.44 bits per heavy atom. The van der Waals surface area contributed by atoms with Gasteiger partial charge in [0, 0.05) is 17.8 Å². The monoisotopic (exact) mass is 409 g/mol. The molecule has 3 N–H and O–H groups in total. The van der Waals surface area contributed by atoms with Crippen molar-refractivity contribution in [1.82, 2.24) is 15.3 Å². The van der Waals surface area contributed by atoms with Crippen molar-refractivity contribution in [2.24, 2.45) is 0 Å². The summed E-state index contributed by atoms with van der Waals surface area (Å²) in [4.78, 5) is 7.95. The van der Waals surface area contributed by atoms with Gasteiger partial charge in [-0.2, -0.15) is 9.97 Å². The Hall–Kier alpha value is -2.66. The number of aromatic nitrogens is 2. The average molecular weight is 409 g/mol. The van der Waals surface area contributed by atoms with E-state index in [9.17, 15) is 8.42 Å². The lowest BCUT2D eigenvalue weighted by Crippen LogP contribution is -2.30. The highest BCUT2D eigenvalue weighted by molar-refractivity contribution is 7.92. The van der Waals surface area contributed by atoms with E-state index in [4.69, 9.17) is 21.7 Å². The first-order valence-electron chi connectivity index (χ1n) is 8.07. The Kier molecular flexibility index (Phi) is 5.61. The summed E-state index contributed by atoms with van der Waals surface area (Å²) >= 11 is 5.20. The number of methoxy groups -OCH3 is 2. The molecular formula is C16H19N5O4S2. The Morgan fingerprint density at radius 1 is 1.15 bits per heavy atom. The van der Waals surface area contributed by atoms with E-state index in [1.165, 1.54) is 32.4 Å². The summed E-state index contributed by atoms with van der Waals surface area (Å²) in [6.07, 6.45) is 2.23. The van der Waals surface area contributed by atoms with Gasteiger partial charge in [-0.05, 0) is 49.3 Å². The van der Waals surface area contributed by atoms with Crippen molar-refractivity contribution in [2.45, 2.75) is 23.8 Å². The minimum absolute atomic E-state index is 0.0109. The highest BCUT2D eigenvalue weighted by Gasteiger charge is 2.22. The van der Waals surface area contributed by atoms with Gasteiger partial charge in [-0.15, -0.1) is 0 Å². The van der Waals surface area contributed by atoms with Crippen LogP contribution in [0.5, 0.6) is 11.9 Å². The summed E-state index contributed by atoms with van der Waals surface area (Å²) in [5, 5.41) is 6.70. The molecule has 144 valence electrons. The van der Waals surface area contributed by atoms with Gasteiger partial charge in [-0.1, -0.05) is 0 Å². The zero-order chi connectivity index (χ0) is 19.4. The second-order valence-electron chi connectivity index (χ2n) is 5.78. The Labute approximate surface area is 162 Å². The first-order chi connectivity index (χ1) is 12.9. The zero-order valence-electron chi connectivity index (χ0n) is 14.7. The van der Waals surface area contributed by atoms with Gasteiger partial charge in [-0.3, -0.25) is 4.72 Å². The van der Waals surface area contributed by atoms with Crippen molar-refractivity contribution in [3.63, 3.8) is 0 Å². The quantitative estimate of drug-likeness (QED) is 0.588. The molecule has 1 aliphatic rings. The third kappa shape index (κ3) is 5.17. The lowest BCUT2D eigenvalue weighted by Gasteiger charge is -2.11. The number of benzene rings is 1. The van der Waals surface area contributed by atoms with Crippen molar-refractivity contribution in [3.8, 4) is 11.9 Å². The molecular weight excluding hydrogens is 390 g/mol. The number of ether oxygens (including phenoxy) is 2. The maximum absolute atomic E-state index is 12.6. The standard InChI is InChI=1S/C16H19N5O4S2/c1-24-14-9-13(19-15(20-14)25-2)21-27(22,23)12-7-5-11(6-8-12)18-16(26)17-10-3-4-10/h5-10H,3-4H2,1-2H3,(H2,17,18,26)(H,19,20,21). The second kappa shape index (κ2) is 7.92. The van der Waals surface area contributed by atoms with Crippen molar-refractivity contribution in [3.05, 3.63) is 30.3 Å². The first-order valence-corrected chi connectivity index (χ1v) is 9.96. The first kappa shape index (κ1) is 19.1. The number of sulfonamides is 1. The normalized spacial score (nSPS) is 13.6. The maximum Gasteiger partial charge on any atom is 0.321 e. The fraction of sp³-hybridized carbons (Fsp3) is 0.312. The second-order valence-corrected chi connectivity index (χ2v) is 7.88. The predicted molar refractivity (Wildman–Crippen MR) is 105 cm³/mol. The molecule has 0 aliphatic heterocycles. The molecule has 9 nitrogen and oxygen atoms in total. The third-order valence-electron chi connectivity index (χ3n) is 3.65. The van der Waals surface area contributed by atoms with Crippen molar-refractivity contribution in [1.29, 1.82) is 0 Å². The van der Waals surface area contributed by atoms with Crippen molar-refractivity contribution >= 4 is 38.9 Å². The molecule has 0 saturated heterocycles. The summed E-state index contributed by atoms with van der Waals surface area (Å²) < 4.78 is 37.5. The van der Waals surface area contributed by atoms with Crippen LogP contribution in [0.25, 0.3) is 0 Å². The molecule has 1 saturated carbocycles. The SMILES string of the molecule is COc1cc(NS(=O)(=O)c2ccc(NC(=S)NC3CC3)cc2)nc(OC)n1. The van der Waals surface area contributed by atoms with Gasteiger partial charge >= 0.3 is 6.01 Å². The molecule has 1 aromatic carbocycles. The van der Waals surface area contributed by atoms with Gasteiger partial charge in [0.1, 0.15) is 0 Å². The molecule has 0 amide bonds. The summed E-state index contributed by atoms with van der Waals surface area (Å²) in [7, 11) is -1.06. The van der Waals surface area contributed by atoms with Gasteiger partial charge in [0.05, 0.1) is 19.1 Å². The van der Waals surface area contributed by atoms with Crippen LogP contribution in [-0.4, -0.2) is 43.8 Å². The molecule has 11 heteroatoms. The number of anilines is 2. The summed E-state index contributed by atoms with van der Waals surface area (Å²) in [6.45, 7) is 0. The highest BCUT2D eigenvalue weighted by Crippen LogP contribution is 2.22. The summed E-state index contributed by atoms with van der Waals surface area (Å²) in [5.41, 5.74) is 0.692. The minimum atomic E-state index is -3.85. The molecule has 1 aromatic heterocycles. The van der Waals surface area contributed by atoms with Gasteiger partial charge in [0.15, 0.2) is 10.9 Å². The molecule has 27 heavy (non-hydrogen) atoms. The van der Waals surface area contributed by atoms with E-state index < -0.39 is 10.0 Å². The molecule has 0 bridgehead atoms. The Bertz CT molecular complexity index is 908. The van der Waals surface area contributed by atoms with E-state index >= 15 is 0 Å². The van der Waals surface area contributed by atoms with E-state index in [0.29, 0.717) is 16.8 Å². The van der Waals surface area contributed by atoms with Crippen LogP contribution in [0.3, 0.4) is 0 Å². The van der Waals surface area contributed by atoms with Crippen LogP contribution >= 0.6 is 12.2 Å². The Balaban J connectivity index is 1.71. The van der Waals surface area contributed by atoms with Crippen molar-refractivity contribution in [2.75, 3.05) is 24.3 Å². The van der Waals surface area contributed by atoms with E-state index in [-0.39, 0.29) is 22.6 Å². The van der Waals surface area contributed by atoms with E-state index in [0.717, 1.165) is 12.8 Å². The lowest BCUT2D eigenvalue weighted by atomic mass is 10.3. The van der Waals surface area contributed by atoms with E-state index in [1.807, 2.05) is 0 Å². The van der Waals surface area contributed by atoms with Crippen LogP contribution in [0, 0.1) is 0 Å². The van der Waals surface area contributed by atoms with Gasteiger partial charge in [0.2, 0.25) is 5.88 Å². The van der Waals surface area contributed by atoms with Crippen LogP contribution < -0.4 is 24.8 Å². The zero-order valence-corrected chi connectivity index (χ0v) is 16.4. The van der Waals surface area contributed by atoms with Crippen molar-refractivity contribution < 1.29 is 17.9 Å². The minimum Gasteiger partial charge on any atom is -0.481 e. The molecule has 0 unspecified atom stereocenters. The number of nitrogens with one attached hydrogen (secondary N) is 3. The number of hydrogen-bond donors (Lipinski definition) is 3. The largest absolute Gasteiger partial charge is 0.481 e. The summed E-state index contributed by atoms with van der Waals surface area (Å²) in [6, 6.07) is 8.00. The average Bonchev–Trinajstić information content (AvgIpc) is 3.45. The number of thiocarbonyl (C=S) groups is 1. The molecule has 0 radical (unpaired) electrons. The molecule has 1 fully saturated rings. The van der Waals surface area contributed by atoms with Gasteiger partial charge < -0.3 is 20.1 Å². The fourth-order valence-electron chi connectivity index (χ4n) is 2.15. The van der Waals surface area contributed by atoms with E-state index in [1.54, 1.807) is 12.1 Å². The molecule has 1 aliphatic carbocycles. The lowest BCUT2D eigenvalue weighted by molar-refractivity contribution is 0.353. The highest BCUT2D eigenvalue weighted by atomic mass is 32.2. The van der Waals surface area contributed by atoms with Crippen LogP contribution in [0.15, 0.2) is 35.2 Å². The van der Waals surface area contributed by atoms with Crippen LogP contribution in [0.2, 0.25) is 0 Å². The number of rotatable bonds is 7. The molecule has 1 heterocycles. The van der Waals surface area contributed by atoms with Gasteiger partial charge in [0.25, 0.3) is 10.0 Å². The van der Waals surface area contributed by atoms with Crippen LogP contribution in [0.1, 0.15) is 12.8 Å². The maximum atomic E-state index is 12.6. The molecule has 3 rings (SSSR count). The smallest absolute Gasteiger partial charge is 0.321 e. The number of hydrogen-bond acceptors (Lipinski definition) is 7. The topological polar surface area (TPSA) is 114 Å². The van der Waals surface area contributed by atoms with E-state index in [2.05, 4.69) is 25.3 Å². The molecule has 2 aromatic rings. The molecule has 0 spiro atoms. The number of nitrogens with zero attached hydrogens (tertiary/aromatic N) is 2. The predicted octanol–water partition coefficient (Wildman–Crippen LogP) is 1.74. The van der Waals surface area contributed by atoms with Gasteiger partial charge in [-0.25, -0.2) is 8.42 Å². The molecule has 0 atom stereocenters.